The van der Waals surface area contributed by atoms with E-state index in [1.807, 2.05) is 0 Å². The van der Waals surface area contributed by atoms with Gasteiger partial charge in [0.1, 0.15) is 5.02 Å². The minimum atomic E-state index is -4.53. The van der Waals surface area contributed by atoms with Gasteiger partial charge in [-0.3, -0.25) is 4.98 Å². The minimum Gasteiger partial charge on any atom is -0.368 e. The Morgan fingerprint density at radius 1 is 1.04 bits per heavy atom. The lowest BCUT2D eigenvalue weighted by Crippen LogP contribution is -2.09. The summed E-state index contributed by atoms with van der Waals surface area (Å²) in [6.45, 7) is 0. The predicted octanol–water partition coefficient (Wildman–Crippen LogP) is 4.54. The van der Waals surface area contributed by atoms with Crippen LogP contribution in [-0.4, -0.2) is 15.0 Å². The molecule has 0 bridgehead atoms. The monoisotopic (exact) mass is 365 g/mol. The normalized spacial score (nSPS) is 11.4. The fourth-order valence-corrected chi connectivity index (χ4v) is 2.38. The number of halogens is 4. The lowest BCUT2D eigenvalue weighted by atomic mass is 10.0. The first-order chi connectivity index (χ1) is 11.9. The van der Waals surface area contributed by atoms with Gasteiger partial charge in [0.25, 0.3) is 0 Å². The van der Waals surface area contributed by atoms with Crippen LogP contribution in [0.25, 0.3) is 11.3 Å². The average Bonchev–Trinajstić information content (AvgIpc) is 2.58. The fourth-order valence-electron chi connectivity index (χ4n) is 2.24. The van der Waals surface area contributed by atoms with Gasteiger partial charge < -0.3 is 11.1 Å². The third-order valence-corrected chi connectivity index (χ3v) is 3.59. The number of hydrogen-bond donors (Lipinski definition) is 2. The van der Waals surface area contributed by atoms with E-state index in [1.165, 1.54) is 24.5 Å². The highest BCUT2D eigenvalue weighted by molar-refractivity contribution is 6.33. The highest BCUT2D eigenvalue weighted by Crippen LogP contribution is 2.39. The lowest BCUT2D eigenvalue weighted by Gasteiger charge is -2.16. The standard InChI is InChI=1S/C16H11ClF3N5/c17-11-8-23-15(21)25-14(11)24-12-6-2-1-4-9(12)13-10(16(18,19)20)5-3-7-22-13/h1-8H,(H3,21,23,24,25). The summed E-state index contributed by atoms with van der Waals surface area (Å²) in [5, 5.41) is 3.07. The molecule has 1 aromatic carbocycles. The molecule has 0 aliphatic rings. The maximum Gasteiger partial charge on any atom is 0.418 e. The van der Waals surface area contributed by atoms with Gasteiger partial charge in [0.15, 0.2) is 5.82 Å². The van der Waals surface area contributed by atoms with E-state index < -0.39 is 11.7 Å². The first kappa shape index (κ1) is 17.0. The van der Waals surface area contributed by atoms with Crippen molar-refractivity contribution in [2.75, 3.05) is 11.1 Å². The smallest absolute Gasteiger partial charge is 0.368 e. The van der Waals surface area contributed by atoms with Crippen LogP contribution < -0.4 is 11.1 Å². The van der Waals surface area contributed by atoms with Crippen molar-refractivity contribution in [3.63, 3.8) is 0 Å². The van der Waals surface area contributed by atoms with Gasteiger partial charge in [-0.2, -0.15) is 18.2 Å². The molecule has 0 amide bonds. The summed E-state index contributed by atoms with van der Waals surface area (Å²) in [7, 11) is 0. The lowest BCUT2D eigenvalue weighted by molar-refractivity contribution is -0.137. The Morgan fingerprint density at radius 2 is 1.80 bits per heavy atom. The van der Waals surface area contributed by atoms with Crippen molar-refractivity contribution < 1.29 is 13.2 Å². The Labute approximate surface area is 145 Å². The Balaban J connectivity index is 2.11. The Morgan fingerprint density at radius 3 is 2.56 bits per heavy atom. The molecule has 0 aliphatic carbocycles. The topological polar surface area (TPSA) is 76.7 Å². The molecular formula is C16H11ClF3N5. The van der Waals surface area contributed by atoms with Crippen LogP contribution in [0.3, 0.4) is 0 Å². The van der Waals surface area contributed by atoms with Gasteiger partial charge in [0, 0.05) is 17.4 Å². The van der Waals surface area contributed by atoms with Crippen LogP contribution in [0.15, 0.2) is 48.8 Å². The summed E-state index contributed by atoms with van der Waals surface area (Å²) in [5.41, 5.74) is 5.10. The molecule has 0 radical (unpaired) electrons. The molecule has 25 heavy (non-hydrogen) atoms. The number of anilines is 3. The quantitative estimate of drug-likeness (QED) is 0.712. The number of nitrogens with two attached hydrogens (primary N) is 1. The van der Waals surface area contributed by atoms with Crippen LogP contribution in [-0.2, 0) is 6.18 Å². The zero-order valence-electron chi connectivity index (χ0n) is 12.5. The van der Waals surface area contributed by atoms with E-state index in [4.69, 9.17) is 17.3 Å². The van der Waals surface area contributed by atoms with Crippen LogP contribution in [0.1, 0.15) is 5.56 Å². The van der Waals surface area contributed by atoms with E-state index in [2.05, 4.69) is 20.3 Å². The van der Waals surface area contributed by atoms with Gasteiger partial charge in [-0.15, -0.1) is 0 Å². The molecule has 0 atom stereocenters. The molecule has 0 aliphatic heterocycles. The summed E-state index contributed by atoms with van der Waals surface area (Å²) in [6, 6.07) is 8.63. The van der Waals surface area contributed by atoms with Gasteiger partial charge in [-0.1, -0.05) is 29.8 Å². The first-order valence-electron chi connectivity index (χ1n) is 7.03. The molecule has 2 aromatic heterocycles. The van der Waals surface area contributed by atoms with Crippen molar-refractivity contribution in [2.45, 2.75) is 6.18 Å². The highest BCUT2D eigenvalue weighted by Gasteiger charge is 2.34. The van der Waals surface area contributed by atoms with E-state index in [9.17, 15) is 13.2 Å². The van der Waals surface area contributed by atoms with Crippen molar-refractivity contribution in [3.05, 3.63) is 59.4 Å². The van der Waals surface area contributed by atoms with Crippen LogP contribution in [0.4, 0.5) is 30.6 Å². The van der Waals surface area contributed by atoms with Crippen molar-refractivity contribution in [1.29, 1.82) is 0 Å². The maximum atomic E-state index is 13.3. The average molecular weight is 366 g/mol. The molecule has 9 heteroatoms. The van der Waals surface area contributed by atoms with Crippen LogP contribution in [0.5, 0.6) is 0 Å². The summed E-state index contributed by atoms with van der Waals surface area (Å²) < 4.78 is 39.9. The molecular weight excluding hydrogens is 355 g/mol. The Hall–Kier alpha value is -2.87. The molecule has 128 valence electrons. The second-order valence-electron chi connectivity index (χ2n) is 4.99. The van der Waals surface area contributed by atoms with Crippen molar-refractivity contribution in [2.24, 2.45) is 0 Å². The number of nitrogens with one attached hydrogen (secondary N) is 1. The van der Waals surface area contributed by atoms with Crippen molar-refractivity contribution >= 4 is 29.1 Å². The van der Waals surface area contributed by atoms with E-state index in [0.717, 1.165) is 6.07 Å². The molecule has 2 heterocycles. The Kier molecular flexibility index (Phi) is 4.45. The third-order valence-electron chi connectivity index (χ3n) is 3.31. The summed E-state index contributed by atoms with van der Waals surface area (Å²) in [6.07, 6.45) is -1.93. The molecule has 0 spiro atoms. The SMILES string of the molecule is Nc1ncc(Cl)c(Nc2ccccc2-c2ncccc2C(F)(F)F)n1. The zero-order valence-corrected chi connectivity index (χ0v) is 13.3. The summed E-state index contributed by atoms with van der Waals surface area (Å²) >= 11 is 6.01. The first-order valence-corrected chi connectivity index (χ1v) is 7.40. The highest BCUT2D eigenvalue weighted by atomic mass is 35.5. The Bertz CT molecular complexity index is 914. The van der Waals surface area contributed by atoms with E-state index in [0.29, 0.717) is 5.69 Å². The van der Waals surface area contributed by atoms with Gasteiger partial charge in [-0.25, -0.2) is 4.98 Å². The van der Waals surface area contributed by atoms with Crippen LogP contribution >= 0.6 is 11.6 Å². The molecule has 5 nitrogen and oxygen atoms in total. The van der Waals surface area contributed by atoms with E-state index >= 15 is 0 Å². The minimum absolute atomic E-state index is 0.0156. The van der Waals surface area contributed by atoms with E-state index in [-0.39, 0.29) is 28.0 Å². The van der Waals surface area contributed by atoms with Crippen molar-refractivity contribution in [1.82, 2.24) is 15.0 Å². The van der Waals surface area contributed by atoms with Gasteiger partial charge >= 0.3 is 6.18 Å². The van der Waals surface area contributed by atoms with Crippen LogP contribution in [0, 0.1) is 0 Å². The summed E-state index contributed by atoms with van der Waals surface area (Å²) in [4.78, 5) is 11.6. The number of rotatable bonds is 3. The molecule has 0 saturated heterocycles. The number of alkyl halides is 3. The second kappa shape index (κ2) is 6.56. The molecule has 0 fully saturated rings. The number of hydrogen-bond acceptors (Lipinski definition) is 5. The molecule has 3 aromatic rings. The molecule has 3 N–H and O–H groups in total. The number of nitrogens with zero attached hydrogens (tertiary/aromatic N) is 3. The van der Waals surface area contributed by atoms with Gasteiger partial charge in [-0.05, 0) is 18.2 Å². The zero-order chi connectivity index (χ0) is 18.0. The van der Waals surface area contributed by atoms with Crippen molar-refractivity contribution in [3.8, 4) is 11.3 Å². The van der Waals surface area contributed by atoms with Gasteiger partial charge in [0.05, 0.1) is 17.5 Å². The summed E-state index contributed by atoms with van der Waals surface area (Å²) in [5.74, 6) is 0.171. The third kappa shape index (κ3) is 3.63. The van der Waals surface area contributed by atoms with E-state index in [1.54, 1.807) is 18.2 Å². The fraction of sp³-hybridized carbons (Fsp3) is 0.0625. The number of benzene rings is 1. The largest absolute Gasteiger partial charge is 0.418 e. The number of pyridine rings is 1. The maximum absolute atomic E-state index is 13.3. The second-order valence-corrected chi connectivity index (χ2v) is 5.40. The van der Waals surface area contributed by atoms with Crippen LogP contribution in [0.2, 0.25) is 5.02 Å². The number of nitrogen functional groups attached to an aromatic ring is 1. The number of aromatic nitrogens is 3. The number of para-hydroxylation sites is 1. The van der Waals surface area contributed by atoms with Gasteiger partial charge in [0.2, 0.25) is 5.95 Å². The molecule has 0 unspecified atom stereocenters. The molecule has 3 rings (SSSR count). The molecule has 0 saturated carbocycles. The predicted molar refractivity (Wildman–Crippen MR) is 89.4 cm³/mol.